The van der Waals surface area contributed by atoms with Crippen LogP contribution in [0, 0.1) is 17.0 Å². The highest BCUT2D eigenvalue weighted by atomic mass is 16.6. The van der Waals surface area contributed by atoms with Crippen molar-refractivity contribution in [2.45, 2.75) is 6.92 Å². The number of nitro benzene ring substituents is 1. The van der Waals surface area contributed by atoms with E-state index in [1.54, 1.807) is 66.7 Å². The monoisotopic (exact) mass is 531 g/mol. The Hall–Kier alpha value is -5.63. The maximum Gasteiger partial charge on any atom is 0.276 e. The predicted molar refractivity (Wildman–Crippen MR) is 155 cm³/mol. The van der Waals surface area contributed by atoms with E-state index in [9.17, 15) is 24.5 Å². The fraction of sp³-hybridized carbons (Fsp3) is 0.0312. The topological polar surface area (TPSA) is 118 Å². The SMILES string of the molecule is Cc1ccc(/C=C/C(=O)c2ccc(NC(=O)/C(=C/c3ccccc3[N+](=O)[O-])NC(=O)c3ccccc3)cc2)cc1. The van der Waals surface area contributed by atoms with Gasteiger partial charge >= 0.3 is 0 Å². The number of rotatable bonds is 9. The molecule has 0 bridgehead atoms. The van der Waals surface area contributed by atoms with Gasteiger partial charge in [0, 0.05) is 22.9 Å². The summed E-state index contributed by atoms with van der Waals surface area (Å²) in [5, 5.41) is 16.7. The number of carbonyl (C=O) groups excluding carboxylic acids is 3. The highest BCUT2D eigenvalue weighted by Crippen LogP contribution is 2.21. The number of aryl methyl sites for hydroxylation is 1. The minimum atomic E-state index is -0.694. The molecule has 0 aliphatic carbocycles. The van der Waals surface area contributed by atoms with Crippen molar-refractivity contribution in [3.05, 3.63) is 153 Å². The second kappa shape index (κ2) is 12.7. The molecule has 0 unspecified atom stereocenters. The third-order valence-corrected chi connectivity index (χ3v) is 5.89. The zero-order chi connectivity index (χ0) is 28.5. The Bertz CT molecular complexity index is 1610. The molecule has 4 aromatic carbocycles. The Balaban J connectivity index is 1.54. The molecule has 0 heterocycles. The molecule has 8 heteroatoms. The Labute approximate surface area is 230 Å². The number of amides is 2. The van der Waals surface area contributed by atoms with E-state index in [-0.39, 0.29) is 22.7 Å². The Morgan fingerprint density at radius 2 is 1.43 bits per heavy atom. The Kier molecular flexibility index (Phi) is 8.73. The van der Waals surface area contributed by atoms with Crippen molar-refractivity contribution in [2.75, 3.05) is 5.32 Å². The molecule has 0 aliphatic rings. The third kappa shape index (κ3) is 7.23. The van der Waals surface area contributed by atoms with Gasteiger partial charge in [-0.05, 0) is 67.1 Å². The second-order valence-electron chi connectivity index (χ2n) is 8.83. The van der Waals surface area contributed by atoms with Crippen LogP contribution in [0.2, 0.25) is 0 Å². The fourth-order valence-corrected chi connectivity index (χ4v) is 3.74. The van der Waals surface area contributed by atoms with E-state index in [0.29, 0.717) is 16.8 Å². The lowest BCUT2D eigenvalue weighted by Crippen LogP contribution is -2.30. The van der Waals surface area contributed by atoms with Crippen LogP contribution in [0.25, 0.3) is 12.2 Å². The van der Waals surface area contributed by atoms with Crippen molar-refractivity contribution in [1.29, 1.82) is 0 Å². The second-order valence-corrected chi connectivity index (χ2v) is 8.83. The van der Waals surface area contributed by atoms with Crippen LogP contribution in [-0.4, -0.2) is 22.5 Å². The number of nitrogens with zero attached hydrogens (tertiary/aromatic N) is 1. The first-order valence-corrected chi connectivity index (χ1v) is 12.3. The maximum atomic E-state index is 13.2. The van der Waals surface area contributed by atoms with Crippen LogP contribution in [0.1, 0.15) is 37.4 Å². The standard InChI is InChI=1S/C32H25N3O5/c1-22-11-13-23(14-12-22)15-20-30(36)24-16-18-27(19-17-24)33-32(38)28(34-31(37)25-7-3-2-4-8-25)21-26-9-5-6-10-29(26)35(39)40/h2-21H,1H3,(H,33,38)(H,34,37)/b20-15+,28-21-. The van der Waals surface area contributed by atoms with Crippen molar-refractivity contribution in [2.24, 2.45) is 0 Å². The molecule has 4 aromatic rings. The summed E-state index contributed by atoms with van der Waals surface area (Å²) >= 11 is 0. The number of anilines is 1. The zero-order valence-corrected chi connectivity index (χ0v) is 21.5. The minimum Gasteiger partial charge on any atom is -0.321 e. The molecule has 0 radical (unpaired) electrons. The van der Waals surface area contributed by atoms with Crippen molar-refractivity contribution >= 4 is 41.1 Å². The van der Waals surface area contributed by atoms with Crippen LogP contribution in [0.3, 0.4) is 0 Å². The quantitative estimate of drug-likeness (QED) is 0.115. The fourth-order valence-electron chi connectivity index (χ4n) is 3.74. The van der Waals surface area contributed by atoms with Crippen LogP contribution in [0.4, 0.5) is 11.4 Å². The number of benzene rings is 4. The number of nitro groups is 1. The van der Waals surface area contributed by atoms with Gasteiger partial charge in [0.1, 0.15) is 5.70 Å². The molecule has 4 rings (SSSR count). The first kappa shape index (κ1) is 27.4. The largest absolute Gasteiger partial charge is 0.321 e. The summed E-state index contributed by atoms with van der Waals surface area (Å²) in [6.45, 7) is 1.99. The number of nitrogens with one attached hydrogen (secondary N) is 2. The zero-order valence-electron chi connectivity index (χ0n) is 21.5. The first-order valence-electron chi connectivity index (χ1n) is 12.3. The molecule has 0 aliphatic heterocycles. The number of carbonyl (C=O) groups is 3. The predicted octanol–water partition coefficient (Wildman–Crippen LogP) is 6.21. The molecule has 0 spiro atoms. The van der Waals surface area contributed by atoms with Crippen molar-refractivity contribution in [3.8, 4) is 0 Å². The highest BCUT2D eigenvalue weighted by Gasteiger charge is 2.18. The van der Waals surface area contributed by atoms with Gasteiger partial charge in [-0.1, -0.05) is 66.2 Å². The van der Waals surface area contributed by atoms with E-state index < -0.39 is 16.7 Å². The van der Waals surface area contributed by atoms with E-state index in [0.717, 1.165) is 11.1 Å². The summed E-state index contributed by atoms with van der Waals surface area (Å²) in [5.74, 6) is -1.45. The van der Waals surface area contributed by atoms with Gasteiger partial charge in [-0.2, -0.15) is 0 Å². The normalized spacial score (nSPS) is 11.2. The number of allylic oxidation sites excluding steroid dienone is 1. The Morgan fingerprint density at radius 1 is 0.775 bits per heavy atom. The molecule has 0 aromatic heterocycles. The number of ketones is 1. The lowest BCUT2D eigenvalue weighted by atomic mass is 10.1. The van der Waals surface area contributed by atoms with Gasteiger partial charge in [0.25, 0.3) is 17.5 Å². The Morgan fingerprint density at radius 3 is 2.10 bits per heavy atom. The van der Waals surface area contributed by atoms with E-state index in [2.05, 4.69) is 10.6 Å². The van der Waals surface area contributed by atoms with Gasteiger partial charge in [-0.25, -0.2) is 0 Å². The van der Waals surface area contributed by atoms with Gasteiger partial charge in [0.05, 0.1) is 10.5 Å². The third-order valence-electron chi connectivity index (χ3n) is 5.89. The van der Waals surface area contributed by atoms with Gasteiger partial charge < -0.3 is 10.6 Å². The van der Waals surface area contributed by atoms with E-state index in [1.165, 1.54) is 30.4 Å². The maximum absolute atomic E-state index is 13.2. The molecule has 0 fully saturated rings. The van der Waals surface area contributed by atoms with Crippen LogP contribution >= 0.6 is 0 Å². The lowest BCUT2D eigenvalue weighted by Gasteiger charge is -2.12. The van der Waals surface area contributed by atoms with Gasteiger partial charge in [0.2, 0.25) is 0 Å². The van der Waals surface area contributed by atoms with Crippen molar-refractivity contribution in [3.63, 3.8) is 0 Å². The van der Waals surface area contributed by atoms with Gasteiger partial charge in [-0.15, -0.1) is 0 Å². The summed E-state index contributed by atoms with van der Waals surface area (Å²) in [6, 6.07) is 28.2. The molecule has 0 saturated carbocycles. The van der Waals surface area contributed by atoms with E-state index >= 15 is 0 Å². The first-order chi connectivity index (χ1) is 19.3. The molecular weight excluding hydrogens is 506 g/mol. The average molecular weight is 532 g/mol. The average Bonchev–Trinajstić information content (AvgIpc) is 2.97. The number of hydrogen-bond acceptors (Lipinski definition) is 5. The van der Waals surface area contributed by atoms with Crippen LogP contribution in [-0.2, 0) is 4.79 Å². The molecule has 8 nitrogen and oxygen atoms in total. The molecule has 0 saturated heterocycles. The van der Waals surface area contributed by atoms with Crippen molar-refractivity contribution < 1.29 is 19.3 Å². The smallest absolute Gasteiger partial charge is 0.276 e. The minimum absolute atomic E-state index is 0.146. The summed E-state index contributed by atoms with van der Waals surface area (Å²) in [5.41, 5.74) is 2.87. The molecule has 198 valence electrons. The van der Waals surface area contributed by atoms with Crippen LogP contribution < -0.4 is 10.6 Å². The summed E-state index contributed by atoms with van der Waals surface area (Å²) in [6.07, 6.45) is 4.46. The van der Waals surface area contributed by atoms with Gasteiger partial charge in [0.15, 0.2) is 5.78 Å². The number of hydrogen-bond donors (Lipinski definition) is 2. The van der Waals surface area contributed by atoms with Gasteiger partial charge in [-0.3, -0.25) is 24.5 Å². The van der Waals surface area contributed by atoms with Crippen LogP contribution in [0.15, 0.2) is 115 Å². The summed E-state index contributed by atoms with van der Waals surface area (Å²) in [7, 11) is 0. The molecular formula is C32H25N3O5. The van der Waals surface area contributed by atoms with E-state index in [1.807, 2.05) is 31.2 Å². The van der Waals surface area contributed by atoms with Crippen LogP contribution in [0.5, 0.6) is 0 Å². The molecule has 0 atom stereocenters. The lowest BCUT2D eigenvalue weighted by molar-refractivity contribution is -0.385. The summed E-state index contributed by atoms with van der Waals surface area (Å²) in [4.78, 5) is 49.5. The molecule has 2 N–H and O–H groups in total. The molecule has 40 heavy (non-hydrogen) atoms. The number of para-hydroxylation sites is 1. The van der Waals surface area contributed by atoms with Crippen molar-refractivity contribution in [1.82, 2.24) is 5.32 Å². The highest BCUT2D eigenvalue weighted by molar-refractivity contribution is 6.11. The summed E-state index contributed by atoms with van der Waals surface area (Å²) < 4.78 is 0. The van der Waals surface area contributed by atoms with E-state index in [4.69, 9.17) is 0 Å². The molecule has 2 amide bonds.